The summed E-state index contributed by atoms with van der Waals surface area (Å²) in [6.45, 7) is 5.70. The molecular weight excluding hydrogens is 290 g/mol. The van der Waals surface area contributed by atoms with Crippen molar-refractivity contribution in [2.75, 3.05) is 7.05 Å². The molecule has 1 N–H and O–H groups in total. The zero-order valence-corrected chi connectivity index (χ0v) is 13.5. The van der Waals surface area contributed by atoms with E-state index >= 15 is 0 Å². The lowest BCUT2D eigenvalue weighted by atomic mass is 10.1. The molecule has 0 aliphatic heterocycles. The maximum Gasteiger partial charge on any atom is 0.219 e. The van der Waals surface area contributed by atoms with E-state index in [4.69, 9.17) is 0 Å². The predicted octanol–water partition coefficient (Wildman–Crippen LogP) is 3.27. The molecule has 0 saturated heterocycles. The molecule has 5 nitrogen and oxygen atoms in total. The van der Waals surface area contributed by atoms with Gasteiger partial charge in [-0.1, -0.05) is 30.9 Å². The number of aromatic nitrogens is 1. The van der Waals surface area contributed by atoms with Gasteiger partial charge in [-0.3, -0.25) is 4.79 Å². The first-order chi connectivity index (χ1) is 11.2. The minimum atomic E-state index is -0.454. The fourth-order valence-corrected chi connectivity index (χ4v) is 2.73. The Hall–Kier alpha value is -2.69. The average molecular weight is 311 g/mol. The van der Waals surface area contributed by atoms with E-state index < -0.39 is 6.04 Å². The topological polar surface area (TPSA) is 63.5 Å². The molecule has 1 unspecified atom stereocenters. The number of hydrogen-bond acceptors (Lipinski definition) is 3. The molecule has 23 heavy (non-hydrogen) atoms. The molecule has 1 amide bonds. The van der Waals surface area contributed by atoms with Crippen LogP contribution in [0, 0.1) is 0 Å². The maximum atomic E-state index is 11.7. The highest BCUT2D eigenvalue weighted by Crippen LogP contribution is 2.36. The van der Waals surface area contributed by atoms with Gasteiger partial charge in [0.25, 0.3) is 0 Å². The van der Waals surface area contributed by atoms with Crippen LogP contribution >= 0.6 is 0 Å². The van der Waals surface area contributed by atoms with E-state index in [1.807, 2.05) is 35.8 Å². The lowest BCUT2D eigenvalue weighted by Crippen LogP contribution is -2.20. The molecule has 1 aromatic heterocycles. The molecule has 1 atom stereocenters. The summed E-state index contributed by atoms with van der Waals surface area (Å²) in [5, 5.41) is 3.57. The Kier molecular flexibility index (Phi) is 5.46. The first-order valence-electron chi connectivity index (χ1n) is 7.57. The van der Waals surface area contributed by atoms with Crippen LogP contribution in [0.5, 0.6) is 0 Å². The Morgan fingerprint density at radius 1 is 1.43 bits per heavy atom. The second kappa shape index (κ2) is 7.54. The van der Waals surface area contributed by atoms with Gasteiger partial charge in [0.05, 0.1) is 11.6 Å². The number of nitrogens with one attached hydrogen (secondary N) is 1. The van der Waals surface area contributed by atoms with Gasteiger partial charge in [0, 0.05) is 30.6 Å². The molecule has 2 aromatic rings. The number of amides is 1. The Labute approximate surface area is 135 Å². The Balaban J connectivity index is 2.60. The molecular formula is C18H21N3O2. The molecule has 0 spiro atoms. The van der Waals surface area contributed by atoms with Crippen LogP contribution in [0.2, 0.25) is 0 Å². The van der Waals surface area contributed by atoms with Crippen molar-refractivity contribution in [2.45, 2.75) is 25.8 Å². The summed E-state index contributed by atoms with van der Waals surface area (Å²) in [5.74, 6) is 0.607. The third-order valence-corrected chi connectivity index (χ3v) is 3.81. The van der Waals surface area contributed by atoms with Gasteiger partial charge in [-0.05, 0) is 19.4 Å². The van der Waals surface area contributed by atoms with Crippen LogP contribution in [0.15, 0.2) is 35.8 Å². The van der Waals surface area contributed by atoms with E-state index in [2.05, 4.69) is 16.9 Å². The average Bonchev–Trinajstić information content (AvgIpc) is 2.89. The van der Waals surface area contributed by atoms with Gasteiger partial charge >= 0.3 is 0 Å². The first kappa shape index (κ1) is 16.7. The van der Waals surface area contributed by atoms with E-state index in [0.29, 0.717) is 12.2 Å². The Morgan fingerprint density at radius 2 is 2.17 bits per heavy atom. The number of carbonyl (C=O) groups excluding carboxylic acids is 2. The van der Waals surface area contributed by atoms with E-state index in [-0.39, 0.29) is 12.3 Å². The fourth-order valence-electron chi connectivity index (χ4n) is 2.73. The highest BCUT2D eigenvalue weighted by Gasteiger charge is 2.21. The monoisotopic (exact) mass is 311 g/mol. The van der Waals surface area contributed by atoms with Gasteiger partial charge in [0.1, 0.15) is 12.1 Å². The third kappa shape index (κ3) is 3.23. The van der Waals surface area contributed by atoms with Crippen molar-refractivity contribution in [1.82, 2.24) is 9.88 Å². The van der Waals surface area contributed by atoms with Crippen molar-refractivity contribution in [2.24, 2.45) is 4.99 Å². The van der Waals surface area contributed by atoms with Gasteiger partial charge in [0.15, 0.2) is 0 Å². The van der Waals surface area contributed by atoms with Crippen molar-refractivity contribution in [3.63, 3.8) is 0 Å². The molecule has 2 rings (SSSR count). The second-order valence-corrected chi connectivity index (χ2v) is 5.13. The fraction of sp³-hybridized carbons (Fsp3) is 0.278. The summed E-state index contributed by atoms with van der Waals surface area (Å²) < 4.78 is 1.89. The molecule has 1 heterocycles. The summed E-state index contributed by atoms with van der Waals surface area (Å²) in [6.07, 6.45) is 5.02. The quantitative estimate of drug-likeness (QED) is 0.630. The van der Waals surface area contributed by atoms with Gasteiger partial charge < -0.3 is 14.7 Å². The number of hydrogen-bond donors (Lipinski definition) is 1. The van der Waals surface area contributed by atoms with Crippen molar-refractivity contribution in [3.8, 4) is 0 Å². The highest BCUT2D eigenvalue weighted by atomic mass is 16.1. The Morgan fingerprint density at radius 3 is 2.78 bits per heavy atom. The molecule has 0 aliphatic rings. The summed E-state index contributed by atoms with van der Waals surface area (Å²) in [6, 6.07) is 7.35. The molecule has 5 heteroatoms. The second-order valence-electron chi connectivity index (χ2n) is 5.13. The summed E-state index contributed by atoms with van der Waals surface area (Å²) in [5.41, 5.74) is 1.81. The predicted molar refractivity (Wildman–Crippen MR) is 94.3 cm³/mol. The van der Waals surface area contributed by atoms with Crippen molar-refractivity contribution in [1.29, 1.82) is 0 Å². The molecule has 0 saturated carbocycles. The zero-order chi connectivity index (χ0) is 16.8. The number of benzene rings is 1. The highest BCUT2D eigenvalue weighted by molar-refractivity contribution is 5.96. The number of aliphatic imine (C=N–C) groups is 1. The van der Waals surface area contributed by atoms with E-state index in [1.165, 1.54) is 0 Å². The molecule has 0 bridgehead atoms. The Bertz CT molecular complexity index is 759. The van der Waals surface area contributed by atoms with Crippen molar-refractivity contribution >= 4 is 41.2 Å². The number of fused-ring (bicyclic) bond motifs is 1. The number of nitrogens with zero attached hydrogens (tertiary/aromatic N) is 2. The number of para-hydroxylation sites is 1. The van der Waals surface area contributed by atoms with Crippen molar-refractivity contribution in [3.05, 3.63) is 36.4 Å². The first-order valence-corrected chi connectivity index (χ1v) is 7.57. The van der Waals surface area contributed by atoms with Crippen LogP contribution in [0.4, 0.5) is 5.82 Å². The molecule has 0 radical (unpaired) electrons. The van der Waals surface area contributed by atoms with Crippen LogP contribution in [-0.4, -0.2) is 30.0 Å². The van der Waals surface area contributed by atoms with Gasteiger partial charge in [-0.15, -0.1) is 0 Å². The lowest BCUT2D eigenvalue weighted by molar-refractivity contribution is -0.121. The van der Waals surface area contributed by atoms with E-state index in [9.17, 15) is 9.59 Å². The summed E-state index contributed by atoms with van der Waals surface area (Å²) >= 11 is 0. The molecule has 120 valence electrons. The molecule has 1 aromatic carbocycles. The molecule has 0 aliphatic carbocycles. The van der Waals surface area contributed by atoms with Crippen LogP contribution < -0.4 is 5.32 Å². The van der Waals surface area contributed by atoms with Gasteiger partial charge in [0.2, 0.25) is 5.91 Å². The minimum absolute atomic E-state index is 0.0854. The normalized spacial score (nSPS) is 12.4. The third-order valence-electron chi connectivity index (χ3n) is 3.81. The van der Waals surface area contributed by atoms with Crippen LogP contribution in [-0.2, 0) is 9.59 Å². The SMILES string of the molecule is C=Cc1c(/N=C\C)n(C(C=O)CCC(=O)NC)c2ccccc12. The lowest BCUT2D eigenvalue weighted by Gasteiger charge is -2.16. The van der Waals surface area contributed by atoms with Crippen LogP contribution in [0.25, 0.3) is 17.0 Å². The summed E-state index contributed by atoms with van der Waals surface area (Å²) in [7, 11) is 1.59. The number of aldehydes is 1. The van der Waals surface area contributed by atoms with E-state index in [0.717, 1.165) is 22.8 Å². The van der Waals surface area contributed by atoms with Crippen molar-refractivity contribution < 1.29 is 9.59 Å². The molecule has 0 fully saturated rings. The zero-order valence-electron chi connectivity index (χ0n) is 13.5. The smallest absolute Gasteiger partial charge is 0.219 e. The standard InChI is InChI=1S/C18H21N3O2/c1-4-14-15-8-6-7-9-16(15)21(18(14)20-5-2)13(12-22)10-11-17(23)19-3/h4-9,12-13H,1,10-11H2,2-3H3,(H,19,23)/b20-5-. The van der Waals surface area contributed by atoms with Gasteiger partial charge in [-0.2, -0.15) is 0 Å². The van der Waals surface area contributed by atoms with Gasteiger partial charge in [-0.25, -0.2) is 4.99 Å². The van der Waals surface area contributed by atoms with Crippen LogP contribution in [0.1, 0.15) is 31.4 Å². The summed E-state index contributed by atoms with van der Waals surface area (Å²) in [4.78, 5) is 27.6. The van der Waals surface area contributed by atoms with E-state index in [1.54, 1.807) is 19.3 Å². The van der Waals surface area contributed by atoms with Crippen LogP contribution in [0.3, 0.4) is 0 Å². The number of rotatable bonds is 7. The minimum Gasteiger partial charge on any atom is -0.359 e. The largest absolute Gasteiger partial charge is 0.359 e. The number of carbonyl (C=O) groups is 2. The maximum absolute atomic E-state index is 11.7.